The molecular formula is C6H11S. The highest BCUT2D eigenvalue weighted by Crippen LogP contribution is 2.06. The van der Waals surface area contributed by atoms with Crippen LogP contribution in [-0.4, -0.2) is 11.0 Å². The lowest BCUT2D eigenvalue weighted by molar-refractivity contribution is 1.25. The number of rotatable bonds is 3. The lowest BCUT2D eigenvalue weighted by atomic mass is 10.6. The van der Waals surface area contributed by atoms with Crippen LogP contribution in [0.2, 0.25) is 0 Å². The van der Waals surface area contributed by atoms with Crippen LogP contribution in [0.4, 0.5) is 0 Å². The van der Waals surface area contributed by atoms with E-state index in [9.17, 15) is 0 Å². The van der Waals surface area contributed by atoms with E-state index >= 15 is 0 Å². The number of thioether (sulfide) groups is 1. The van der Waals surface area contributed by atoms with Gasteiger partial charge in [0.05, 0.1) is 0 Å². The first-order chi connectivity index (χ1) is 3.27. The van der Waals surface area contributed by atoms with Gasteiger partial charge in [0.1, 0.15) is 0 Å². The largest absolute Gasteiger partial charge is 0.155 e. The zero-order chi connectivity index (χ0) is 5.70. The minimum atomic E-state index is 0.498. The van der Waals surface area contributed by atoms with Crippen molar-refractivity contribution in [3.05, 3.63) is 19.6 Å². The van der Waals surface area contributed by atoms with E-state index in [0.717, 1.165) is 5.75 Å². The third-order valence-electron chi connectivity index (χ3n) is 0.499. The molecule has 0 bridgehead atoms. The molecule has 0 fully saturated rings. The molecule has 0 spiro atoms. The zero-order valence-electron chi connectivity index (χ0n) is 4.68. The normalized spacial score (nSPS) is 9.57. The van der Waals surface area contributed by atoms with Gasteiger partial charge in [-0.1, -0.05) is 13.0 Å². The minimum absolute atomic E-state index is 0.498. The Kier molecular flexibility index (Phi) is 4.31. The molecule has 0 rings (SSSR count). The highest BCUT2D eigenvalue weighted by Gasteiger charge is 1.87. The molecule has 1 atom stereocenters. The molecule has 1 radical (unpaired) electrons. The average molecular weight is 115 g/mol. The second-order valence-electron chi connectivity index (χ2n) is 1.43. The van der Waals surface area contributed by atoms with Crippen LogP contribution < -0.4 is 0 Å². The van der Waals surface area contributed by atoms with E-state index in [1.54, 1.807) is 11.8 Å². The summed E-state index contributed by atoms with van der Waals surface area (Å²) in [6, 6.07) is 0. The maximum atomic E-state index is 3.79. The smallest absolute Gasteiger partial charge is 0.0113 e. The van der Waals surface area contributed by atoms with Crippen molar-refractivity contribution in [3.63, 3.8) is 0 Å². The highest BCUT2D eigenvalue weighted by molar-refractivity contribution is 8.00. The van der Waals surface area contributed by atoms with E-state index in [-0.39, 0.29) is 0 Å². The van der Waals surface area contributed by atoms with Crippen LogP contribution in [0.3, 0.4) is 0 Å². The predicted molar refractivity (Wildman–Crippen MR) is 37.5 cm³/mol. The molecule has 0 aromatic carbocycles. The number of hydrogen-bond acceptors (Lipinski definition) is 1. The molecular weight excluding hydrogens is 104 g/mol. The standard InChI is InChI=1S/C6H11S/c1-4-5-7-6(2)3/h4,6H,1-2,5H2,3H3/t6-/m0/s1. The van der Waals surface area contributed by atoms with Gasteiger partial charge in [0.15, 0.2) is 0 Å². The maximum Gasteiger partial charge on any atom is 0.0113 e. The molecule has 41 valence electrons. The summed E-state index contributed by atoms with van der Waals surface area (Å²) in [5.41, 5.74) is 0. The summed E-state index contributed by atoms with van der Waals surface area (Å²) in [5.74, 6) is 1.02. The molecule has 0 aliphatic heterocycles. The Morgan fingerprint density at radius 1 is 1.86 bits per heavy atom. The van der Waals surface area contributed by atoms with Crippen molar-refractivity contribution in [1.29, 1.82) is 0 Å². The molecule has 7 heavy (non-hydrogen) atoms. The van der Waals surface area contributed by atoms with Crippen molar-refractivity contribution < 1.29 is 0 Å². The fraction of sp³-hybridized carbons (Fsp3) is 0.500. The van der Waals surface area contributed by atoms with Crippen LogP contribution in [0.25, 0.3) is 0 Å². The third kappa shape index (κ3) is 6.09. The van der Waals surface area contributed by atoms with Crippen molar-refractivity contribution in [2.24, 2.45) is 0 Å². The van der Waals surface area contributed by atoms with E-state index in [0.29, 0.717) is 5.25 Å². The van der Waals surface area contributed by atoms with Crippen molar-refractivity contribution in [1.82, 2.24) is 0 Å². The van der Waals surface area contributed by atoms with Gasteiger partial charge in [-0.25, -0.2) is 0 Å². The summed E-state index contributed by atoms with van der Waals surface area (Å²) >= 11 is 1.80. The molecule has 1 heteroatoms. The fourth-order valence-corrected chi connectivity index (χ4v) is 0.697. The summed E-state index contributed by atoms with van der Waals surface area (Å²) in [6.45, 7) is 9.45. The quantitative estimate of drug-likeness (QED) is 0.508. The lowest BCUT2D eigenvalue weighted by Crippen LogP contribution is -1.85. The van der Waals surface area contributed by atoms with Gasteiger partial charge in [0, 0.05) is 11.0 Å². The van der Waals surface area contributed by atoms with Gasteiger partial charge in [-0.3, -0.25) is 0 Å². The van der Waals surface area contributed by atoms with E-state index in [1.807, 2.05) is 6.08 Å². The Bertz CT molecular complexity index is 48.1. The van der Waals surface area contributed by atoms with Gasteiger partial charge in [-0.15, -0.1) is 6.58 Å². The van der Waals surface area contributed by atoms with E-state index in [4.69, 9.17) is 0 Å². The molecule has 0 aliphatic carbocycles. The Labute approximate surface area is 50.0 Å². The monoisotopic (exact) mass is 115 g/mol. The predicted octanol–water partition coefficient (Wildman–Crippen LogP) is 2.13. The topological polar surface area (TPSA) is 0 Å². The van der Waals surface area contributed by atoms with Crippen LogP contribution in [0.5, 0.6) is 0 Å². The van der Waals surface area contributed by atoms with Crippen molar-refractivity contribution >= 4 is 11.8 Å². The van der Waals surface area contributed by atoms with E-state index in [1.165, 1.54) is 0 Å². The molecule has 0 saturated heterocycles. The molecule has 0 amide bonds. The van der Waals surface area contributed by atoms with Crippen molar-refractivity contribution in [3.8, 4) is 0 Å². The Morgan fingerprint density at radius 3 is 2.57 bits per heavy atom. The maximum absolute atomic E-state index is 3.79. The van der Waals surface area contributed by atoms with Gasteiger partial charge in [0.25, 0.3) is 0 Å². The highest BCUT2D eigenvalue weighted by atomic mass is 32.2. The van der Waals surface area contributed by atoms with Crippen LogP contribution in [0.1, 0.15) is 6.92 Å². The zero-order valence-corrected chi connectivity index (χ0v) is 5.50. The van der Waals surface area contributed by atoms with Gasteiger partial charge in [-0.05, 0) is 6.92 Å². The fourth-order valence-electron chi connectivity index (χ4n) is 0.232. The first-order valence-corrected chi connectivity index (χ1v) is 3.38. The molecule has 0 nitrogen and oxygen atoms in total. The molecule has 0 aliphatic rings. The van der Waals surface area contributed by atoms with E-state index < -0.39 is 0 Å². The van der Waals surface area contributed by atoms with Crippen LogP contribution in [0.15, 0.2) is 12.7 Å². The Morgan fingerprint density at radius 2 is 2.43 bits per heavy atom. The summed E-state index contributed by atoms with van der Waals surface area (Å²) in [5, 5.41) is 0.498. The second kappa shape index (κ2) is 4.25. The lowest BCUT2D eigenvalue weighted by Gasteiger charge is -1.97. The molecule has 0 heterocycles. The van der Waals surface area contributed by atoms with Gasteiger partial charge >= 0.3 is 0 Å². The molecule has 0 aromatic rings. The molecule has 0 N–H and O–H groups in total. The summed E-state index contributed by atoms with van der Waals surface area (Å²) in [4.78, 5) is 0. The summed E-state index contributed by atoms with van der Waals surface area (Å²) in [7, 11) is 0. The van der Waals surface area contributed by atoms with Gasteiger partial charge < -0.3 is 0 Å². The van der Waals surface area contributed by atoms with Gasteiger partial charge in [0.2, 0.25) is 0 Å². The number of hydrogen-bond donors (Lipinski definition) is 0. The van der Waals surface area contributed by atoms with E-state index in [2.05, 4.69) is 20.4 Å². The Balaban J connectivity index is 2.81. The van der Waals surface area contributed by atoms with Crippen LogP contribution in [0, 0.1) is 6.92 Å². The first-order valence-electron chi connectivity index (χ1n) is 2.33. The summed E-state index contributed by atoms with van der Waals surface area (Å²) in [6.07, 6.45) is 1.90. The van der Waals surface area contributed by atoms with Crippen LogP contribution >= 0.6 is 11.8 Å². The van der Waals surface area contributed by atoms with Crippen LogP contribution in [-0.2, 0) is 0 Å². The van der Waals surface area contributed by atoms with Gasteiger partial charge in [-0.2, -0.15) is 11.8 Å². The molecule has 0 aromatic heterocycles. The van der Waals surface area contributed by atoms with Crippen molar-refractivity contribution in [2.45, 2.75) is 12.2 Å². The summed E-state index contributed by atoms with van der Waals surface area (Å²) < 4.78 is 0. The minimum Gasteiger partial charge on any atom is -0.155 e. The molecule has 0 saturated carbocycles. The first kappa shape index (κ1) is 7.09. The SMILES string of the molecule is [CH2][C@@H](C)SCC=C. The molecule has 0 unspecified atom stereocenters. The Hall–Kier alpha value is 0.0900. The second-order valence-corrected chi connectivity index (χ2v) is 2.90. The van der Waals surface area contributed by atoms with Crippen molar-refractivity contribution in [2.75, 3.05) is 5.75 Å². The third-order valence-corrected chi connectivity index (χ3v) is 1.50. The average Bonchev–Trinajstić information content (AvgIpc) is 1.61.